The number of aryl methyl sites for hydroxylation is 1. The monoisotopic (exact) mass is 244 g/mol. The Kier molecular flexibility index (Phi) is 3.52. The first kappa shape index (κ1) is 12.0. The molecule has 0 aliphatic heterocycles. The third kappa shape index (κ3) is 2.82. The zero-order valence-corrected chi connectivity index (χ0v) is 9.83. The molecule has 18 heavy (non-hydrogen) atoms. The molecule has 1 N–H and O–H groups in total. The third-order valence-corrected chi connectivity index (χ3v) is 2.41. The summed E-state index contributed by atoms with van der Waals surface area (Å²) in [6.45, 7) is 2.08. The van der Waals surface area contributed by atoms with Crippen LogP contribution in [0.25, 0.3) is 0 Å². The van der Waals surface area contributed by atoms with Crippen molar-refractivity contribution >= 4 is 5.97 Å². The smallest absolute Gasteiger partial charge is 0.356 e. The zero-order valence-electron chi connectivity index (χ0n) is 9.83. The number of hydrogen-bond acceptors (Lipinski definition) is 4. The number of carboxylic acids is 1. The van der Waals surface area contributed by atoms with Crippen LogP contribution in [-0.2, 0) is 6.42 Å². The van der Waals surface area contributed by atoms with Crippen molar-refractivity contribution in [3.8, 4) is 11.6 Å². The van der Waals surface area contributed by atoms with Gasteiger partial charge in [-0.2, -0.15) is 0 Å². The van der Waals surface area contributed by atoms with Gasteiger partial charge in [0.25, 0.3) is 0 Å². The Morgan fingerprint density at radius 3 is 2.39 bits per heavy atom. The van der Waals surface area contributed by atoms with E-state index in [1.165, 1.54) is 17.7 Å². The maximum atomic E-state index is 10.6. The van der Waals surface area contributed by atoms with E-state index in [2.05, 4.69) is 17.1 Å². The zero-order chi connectivity index (χ0) is 13.0. The highest BCUT2D eigenvalue weighted by atomic mass is 16.5. The fourth-order valence-electron chi connectivity index (χ4n) is 1.40. The van der Waals surface area contributed by atoms with E-state index in [1.807, 2.05) is 24.3 Å². The number of ether oxygens (including phenoxy) is 1. The van der Waals surface area contributed by atoms with Crippen LogP contribution in [0.3, 0.4) is 0 Å². The van der Waals surface area contributed by atoms with E-state index < -0.39 is 5.97 Å². The number of carboxylic acid groups (broad SMARTS) is 1. The van der Waals surface area contributed by atoms with Crippen molar-refractivity contribution in [2.75, 3.05) is 0 Å². The van der Waals surface area contributed by atoms with Gasteiger partial charge in [0, 0.05) is 6.07 Å². The number of rotatable bonds is 4. The van der Waals surface area contributed by atoms with Gasteiger partial charge < -0.3 is 9.84 Å². The molecular weight excluding hydrogens is 232 g/mol. The predicted molar refractivity (Wildman–Crippen MR) is 64.9 cm³/mol. The van der Waals surface area contributed by atoms with E-state index in [9.17, 15) is 4.79 Å². The first-order valence-electron chi connectivity index (χ1n) is 5.53. The fraction of sp³-hybridized carbons (Fsp3) is 0.154. The van der Waals surface area contributed by atoms with Gasteiger partial charge in [0.05, 0.1) is 0 Å². The Balaban J connectivity index is 2.10. The van der Waals surface area contributed by atoms with Crippen LogP contribution < -0.4 is 4.74 Å². The number of benzene rings is 1. The number of aromatic nitrogens is 2. The van der Waals surface area contributed by atoms with Crippen LogP contribution >= 0.6 is 0 Å². The molecule has 0 saturated carbocycles. The van der Waals surface area contributed by atoms with Crippen LogP contribution in [0.15, 0.2) is 36.4 Å². The Morgan fingerprint density at radius 2 is 1.89 bits per heavy atom. The summed E-state index contributed by atoms with van der Waals surface area (Å²) in [5.74, 6) is -0.199. The first-order valence-corrected chi connectivity index (χ1v) is 5.53. The van der Waals surface area contributed by atoms with Crippen LogP contribution in [-0.4, -0.2) is 21.3 Å². The standard InChI is InChI=1S/C13H12N2O3/c1-2-9-3-5-10(6-4-9)18-12-8-7-11(13(16)17)14-15-12/h3-8H,2H2,1H3,(H,16,17). The molecule has 0 amide bonds. The van der Waals surface area contributed by atoms with Crippen molar-refractivity contribution in [3.63, 3.8) is 0 Å². The van der Waals surface area contributed by atoms with Gasteiger partial charge in [0.2, 0.25) is 5.88 Å². The lowest BCUT2D eigenvalue weighted by Crippen LogP contribution is -2.02. The third-order valence-electron chi connectivity index (χ3n) is 2.41. The summed E-state index contributed by atoms with van der Waals surface area (Å²) < 4.78 is 5.45. The predicted octanol–water partition coefficient (Wildman–Crippen LogP) is 2.53. The minimum Gasteiger partial charge on any atom is -0.476 e. The Labute approximate surface area is 104 Å². The van der Waals surface area contributed by atoms with Gasteiger partial charge in [0.15, 0.2) is 5.69 Å². The minimum absolute atomic E-state index is 0.108. The number of hydrogen-bond donors (Lipinski definition) is 1. The van der Waals surface area contributed by atoms with E-state index in [-0.39, 0.29) is 11.6 Å². The van der Waals surface area contributed by atoms with E-state index in [0.717, 1.165) is 6.42 Å². The van der Waals surface area contributed by atoms with E-state index in [4.69, 9.17) is 9.84 Å². The lowest BCUT2D eigenvalue weighted by molar-refractivity contribution is 0.0689. The van der Waals surface area contributed by atoms with Crippen molar-refractivity contribution in [3.05, 3.63) is 47.7 Å². The van der Waals surface area contributed by atoms with Crippen LogP contribution in [0.1, 0.15) is 23.0 Å². The molecule has 0 saturated heterocycles. The van der Waals surface area contributed by atoms with Crippen molar-refractivity contribution in [1.82, 2.24) is 10.2 Å². The molecule has 0 aliphatic rings. The minimum atomic E-state index is -1.11. The number of nitrogens with zero attached hydrogens (tertiary/aromatic N) is 2. The highest BCUT2D eigenvalue weighted by molar-refractivity contribution is 5.84. The average Bonchev–Trinajstić information content (AvgIpc) is 2.40. The maximum absolute atomic E-state index is 10.6. The Bertz CT molecular complexity index is 535. The first-order chi connectivity index (χ1) is 8.69. The highest BCUT2D eigenvalue weighted by Gasteiger charge is 2.06. The molecule has 92 valence electrons. The van der Waals surface area contributed by atoms with Gasteiger partial charge in [-0.25, -0.2) is 4.79 Å². The Hall–Kier alpha value is -2.43. The molecule has 0 fully saturated rings. The molecule has 2 aromatic rings. The van der Waals surface area contributed by atoms with E-state index >= 15 is 0 Å². The summed E-state index contributed by atoms with van der Waals surface area (Å²) in [5.41, 5.74) is 1.11. The largest absolute Gasteiger partial charge is 0.476 e. The number of carbonyl (C=O) groups is 1. The van der Waals surface area contributed by atoms with Crippen LogP contribution in [0, 0.1) is 0 Å². The van der Waals surface area contributed by atoms with Gasteiger partial charge in [0.1, 0.15) is 5.75 Å². The SMILES string of the molecule is CCc1ccc(Oc2ccc(C(=O)O)nn2)cc1. The molecule has 0 atom stereocenters. The molecule has 1 aromatic heterocycles. The summed E-state index contributed by atoms with van der Waals surface area (Å²) in [6, 6.07) is 10.4. The van der Waals surface area contributed by atoms with Crippen LogP contribution in [0.4, 0.5) is 0 Å². The van der Waals surface area contributed by atoms with Gasteiger partial charge in [-0.1, -0.05) is 19.1 Å². The molecular formula is C13H12N2O3. The summed E-state index contributed by atoms with van der Waals surface area (Å²) in [4.78, 5) is 10.6. The van der Waals surface area contributed by atoms with Crippen molar-refractivity contribution in [1.29, 1.82) is 0 Å². The van der Waals surface area contributed by atoms with Crippen molar-refractivity contribution in [2.45, 2.75) is 13.3 Å². The lowest BCUT2D eigenvalue weighted by atomic mass is 10.2. The van der Waals surface area contributed by atoms with Crippen LogP contribution in [0.2, 0.25) is 0 Å². The number of aromatic carboxylic acids is 1. The molecule has 0 bridgehead atoms. The lowest BCUT2D eigenvalue weighted by Gasteiger charge is -2.04. The molecule has 0 radical (unpaired) electrons. The molecule has 5 heteroatoms. The van der Waals surface area contributed by atoms with Crippen molar-refractivity contribution < 1.29 is 14.6 Å². The van der Waals surface area contributed by atoms with Crippen LogP contribution in [0.5, 0.6) is 11.6 Å². The molecule has 0 aliphatic carbocycles. The van der Waals surface area contributed by atoms with Gasteiger partial charge >= 0.3 is 5.97 Å². The average molecular weight is 244 g/mol. The fourth-order valence-corrected chi connectivity index (χ4v) is 1.40. The topological polar surface area (TPSA) is 72.3 Å². The summed E-state index contributed by atoms with van der Waals surface area (Å²) in [6.07, 6.45) is 0.966. The summed E-state index contributed by atoms with van der Waals surface area (Å²) in [7, 11) is 0. The molecule has 0 unspecified atom stereocenters. The normalized spacial score (nSPS) is 10.1. The molecule has 5 nitrogen and oxygen atoms in total. The molecule has 0 spiro atoms. The second kappa shape index (κ2) is 5.27. The van der Waals surface area contributed by atoms with Crippen molar-refractivity contribution in [2.24, 2.45) is 0 Å². The molecule has 1 aromatic carbocycles. The van der Waals surface area contributed by atoms with Gasteiger partial charge in [-0.05, 0) is 30.2 Å². The highest BCUT2D eigenvalue weighted by Crippen LogP contribution is 2.19. The van der Waals surface area contributed by atoms with Gasteiger partial charge in [-0.3, -0.25) is 0 Å². The van der Waals surface area contributed by atoms with Gasteiger partial charge in [-0.15, -0.1) is 10.2 Å². The summed E-state index contributed by atoms with van der Waals surface area (Å²) >= 11 is 0. The second-order valence-corrected chi connectivity index (χ2v) is 3.66. The van der Waals surface area contributed by atoms with E-state index in [1.54, 1.807) is 0 Å². The second-order valence-electron chi connectivity index (χ2n) is 3.66. The summed E-state index contributed by atoms with van der Waals surface area (Å²) in [5, 5.41) is 15.9. The quantitative estimate of drug-likeness (QED) is 0.894. The Morgan fingerprint density at radius 1 is 1.17 bits per heavy atom. The van der Waals surface area contributed by atoms with E-state index in [0.29, 0.717) is 5.75 Å². The molecule has 1 heterocycles. The maximum Gasteiger partial charge on any atom is 0.356 e. The molecule has 2 rings (SSSR count).